The molecule has 0 amide bonds. The number of alkyl halides is 3. The SMILES string of the molecule is Cc1c(C)c(C)c(C)c(C)c1C.Cc1c(F)c(F)c(F)c(F)c1F.Cc1c(F)cc(F)cc1F.Cc1c(F)cccc1Cl.Cc1c(F)cccc1F.Cc1ccccc1Cl.Cc1ccccc1F.Cc1ccccc1OC(F)(F)F. The molecule has 0 N–H and O–H groups in total. The summed E-state index contributed by atoms with van der Waals surface area (Å²) in [6.45, 7) is 23.7. The van der Waals surface area contributed by atoms with Crippen LogP contribution in [0.5, 0.6) is 5.75 Å². The lowest BCUT2D eigenvalue weighted by Gasteiger charge is -2.15. The van der Waals surface area contributed by atoms with Crippen LogP contribution in [0.1, 0.15) is 72.3 Å². The van der Waals surface area contributed by atoms with Crippen molar-refractivity contribution in [2.75, 3.05) is 0 Å². The molecular formula is C62H59Cl2F15O. The Balaban J connectivity index is 0.000000459. The van der Waals surface area contributed by atoms with Crippen LogP contribution in [-0.2, 0) is 0 Å². The summed E-state index contributed by atoms with van der Waals surface area (Å²) in [5, 5.41) is 1.32. The molecule has 0 aromatic heterocycles. The van der Waals surface area contributed by atoms with Crippen LogP contribution >= 0.6 is 23.2 Å². The fourth-order valence-corrected chi connectivity index (χ4v) is 6.38. The Morgan fingerprint density at radius 1 is 0.287 bits per heavy atom. The molecule has 0 heterocycles. The Kier molecular flexibility index (Phi) is 29.9. The first-order valence-electron chi connectivity index (χ1n) is 23.7. The van der Waals surface area contributed by atoms with Crippen LogP contribution in [0.25, 0.3) is 0 Å². The van der Waals surface area contributed by atoms with E-state index in [0.717, 1.165) is 17.5 Å². The van der Waals surface area contributed by atoms with Crippen molar-refractivity contribution in [1.82, 2.24) is 0 Å². The Morgan fingerprint density at radius 3 is 0.912 bits per heavy atom. The third-order valence-corrected chi connectivity index (χ3v) is 12.8. The molecule has 0 aliphatic rings. The zero-order valence-corrected chi connectivity index (χ0v) is 47.4. The first kappa shape index (κ1) is 71.1. The Bertz CT molecular complexity index is 2810. The molecule has 18 heteroatoms. The second-order valence-electron chi connectivity index (χ2n) is 17.4. The lowest BCUT2D eigenvalue weighted by atomic mass is 9.90. The minimum Gasteiger partial charge on any atom is -0.406 e. The smallest absolute Gasteiger partial charge is 0.406 e. The van der Waals surface area contributed by atoms with Gasteiger partial charge in [-0.2, -0.15) is 0 Å². The van der Waals surface area contributed by atoms with Gasteiger partial charge in [-0.1, -0.05) is 89.9 Å². The minimum atomic E-state index is -4.61. The molecule has 1 nitrogen and oxygen atoms in total. The molecule has 432 valence electrons. The van der Waals surface area contributed by atoms with Gasteiger partial charge in [0.1, 0.15) is 46.5 Å². The lowest BCUT2D eigenvalue weighted by Crippen LogP contribution is -2.17. The van der Waals surface area contributed by atoms with Crippen molar-refractivity contribution in [2.24, 2.45) is 0 Å². The van der Waals surface area contributed by atoms with Gasteiger partial charge in [0.2, 0.25) is 5.82 Å². The minimum absolute atomic E-state index is 0.0810. The van der Waals surface area contributed by atoms with Crippen molar-refractivity contribution >= 4 is 23.2 Å². The van der Waals surface area contributed by atoms with Crippen molar-refractivity contribution in [3.05, 3.63) is 274 Å². The molecule has 0 radical (unpaired) electrons. The number of hydrogen-bond acceptors (Lipinski definition) is 1. The van der Waals surface area contributed by atoms with Crippen molar-refractivity contribution in [2.45, 2.75) is 96.4 Å². The molecule has 8 rings (SSSR count). The first-order chi connectivity index (χ1) is 37.1. The molecule has 8 aromatic rings. The van der Waals surface area contributed by atoms with Crippen LogP contribution in [0.2, 0.25) is 10.0 Å². The molecule has 0 saturated carbocycles. The molecule has 0 atom stereocenters. The highest BCUT2D eigenvalue weighted by Gasteiger charge is 2.31. The fraction of sp³-hybridized carbons (Fsp3) is 0.226. The highest BCUT2D eigenvalue weighted by Crippen LogP contribution is 2.27. The average molecular weight is 1180 g/mol. The highest BCUT2D eigenvalue weighted by molar-refractivity contribution is 6.31. The predicted molar refractivity (Wildman–Crippen MR) is 289 cm³/mol. The van der Waals surface area contributed by atoms with Crippen molar-refractivity contribution in [3.8, 4) is 5.75 Å². The molecule has 0 aliphatic heterocycles. The monoisotopic (exact) mass is 1170 g/mol. The van der Waals surface area contributed by atoms with E-state index in [-0.39, 0.29) is 28.5 Å². The topological polar surface area (TPSA) is 9.23 Å². The van der Waals surface area contributed by atoms with Crippen molar-refractivity contribution in [3.63, 3.8) is 0 Å². The Hall–Kier alpha value is -6.91. The zero-order valence-electron chi connectivity index (χ0n) is 45.9. The van der Waals surface area contributed by atoms with Crippen LogP contribution < -0.4 is 4.74 Å². The number of aryl methyl sites for hydroxylation is 3. The van der Waals surface area contributed by atoms with Gasteiger partial charge in [0.05, 0.1) is 0 Å². The van der Waals surface area contributed by atoms with E-state index < -0.39 is 70.1 Å². The van der Waals surface area contributed by atoms with Gasteiger partial charge >= 0.3 is 6.36 Å². The van der Waals surface area contributed by atoms with Gasteiger partial charge in [0.25, 0.3) is 0 Å². The quantitative estimate of drug-likeness (QED) is 0.0904. The maximum absolute atomic E-state index is 12.5. The molecule has 0 aliphatic carbocycles. The lowest BCUT2D eigenvalue weighted by molar-refractivity contribution is -0.274. The van der Waals surface area contributed by atoms with Crippen molar-refractivity contribution < 1.29 is 70.6 Å². The summed E-state index contributed by atoms with van der Waals surface area (Å²) in [6, 6.07) is 30.2. The first-order valence-corrected chi connectivity index (χ1v) is 24.5. The average Bonchev–Trinajstić information content (AvgIpc) is 3.41. The summed E-state index contributed by atoms with van der Waals surface area (Å²) in [6.07, 6.45) is -4.61. The number of halogens is 17. The second kappa shape index (κ2) is 33.6. The summed E-state index contributed by atoms with van der Waals surface area (Å²) >= 11 is 11.3. The molecule has 0 spiro atoms. The Morgan fingerprint density at radius 2 is 0.600 bits per heavy atom. The maximum atomic E-state index is 12.5. The summed E-state index contributed by atoms with van der Waals surface area (Å²) in [5.74, 6) is -13.6. The van der Waals surface area contributed by atoms with Crippen LogP contribution in [0.4, 0.5) is 65.9 Å². The van der Waals surface area contributed by atoms with E-state index in [1.54, 1.807) is 57.2 Å². The zero-order chi connectivity index (χ0) is 61.5. The summed E-state index contributed by atoms with van der Waals surface area (Å²) < 4.78 is 187. The van der Waals surface area contributed by atoms with E-state index in [4.69, 9.17) is 23.2 Å². The van der Waals surface area contributed by atoms with Gasteiger partial charge in [-0.25, -0.2) is 52.7 Å². The maximum Gasteiger partial charge on any atom is 0.573 e. The molecular weight excluding hydrogens is 1120 g/mol. The molecule has 8 aromatic carbocycles. The summed E-state index contributed by atoms with van der Waals surface area (Å²) in [5.41, 5.74) is 10.6. The van der Waals surface area contributed by atoms with Gasteiger partial charge in [-0.15, -0.1) is 13.2 Å². The Labute approximate surface area is 467 Å². The standard InChI is InChI=1S/C12H18.C8H7F3O.C7H6ClF.C7H7Cl.C7H3F5.C7H5F3.C7H6F2.C7H7F/c1-7-8(2)10(4)12(6)11(5)9(7)3;1-6-4-2-3-5-7(6)12-8(9,10)11;1-5-6(8)3-2-4-7(5)9;1-6-4-2-3-5-7(6)8;1-2-3(8)5(10)7(12)6(11)4(2)9;1-4-6(9)2-5(8)3-7(4)10;1-5-6(8)3-2-4-7(5)9;1-6-4-2-3-5-7(6)8/h1-6H3;2-5H,1H3;2-4H,1H3;2-5H,1H3;1H3;2-3H,1H3;2-4H,1H3;2-5H,1H3. The largest absolute Gasteiger partial charge is 0.573 e. The van der Waals surface area contributed by atoms with Crippen LogP contribution in [0.3, 0.4) is 0 Å². The number of ether oxygens (including phenoxy) is 1. The van der Waals surface area contributed by atoms with Crippen LogP contribution in [-0.4, -0.2) is 6.36 Å². The third-order valence-electron chi connectivity index (χ3n) is 11.9. The molecule has 0 unspecified atom stereocenters. The van der Waals surface area contributed by atoms with Gasteiger partial charge in [0.15, 0.2) is 23.3 Å². The summed E-state index contributed by atoms with van der Waals surface area (Å²) in [7, 11) is 0. The van der Waals surface area contributed by atoms with Crippen LogP contribution in [0.15, 0.2) is 121 Å². The van der Waals surface area contributed by atoms with Crippen LogP contribution in [0, 0.1) is 160 Å². The highest BCUT2D eigenvalue weighted by atomic mass is 35.5. The van der Waals surface area contributed by atoms with E-state index >= 15 is 0 Å². The summed E-state index contributed by atoms with van der Waals surface area (Å²) in [4.78, 5) is 0. The van der Waals surface area contributed by atoms with Gasteiger partial charge < -0.3 is 4.74 Å². The van der Waals surface area contributed by atoms with E-state index in [2.05, 4.69) is 46.3 Å². The molecule has 0 bridgehead atoms. The van der Waals surface area contributed by atoms with Crippen molar-refractivity contribution in [1.29, 1.82) is 0 Å². The number of hydrogen-bond donors (Lipinski definition) is 0. The predicted octanol–water partition coefficient (Wildman–Crippen LogP) is 21.4. The van der Waals surface area contributed by atoms with E-state index in [0.29, 0.717) is 33.8 Å². The molecule has 80 heavy (non-hydrogen) atoms. The number of benzene rings is 8. The van der Waals surface area contributed by atoms with Gasteiger partial charge in [-0.05, 0) is 183 Å². The van der Waals surface area contributed by atoms with E-state index in [1.807, 2.05) is 37.3 Å². The second-order valence-corrected chi connectivity index (χ2v) is 18.3. The van der Waals surface area contributed by atoms with Gasteiger partial charge in [-0.3, -0.25) is 0 Å². The van der Waals surface area contributed by atoms with E-state index in [9.17, 15) is 65.9 Å². The number of para-hydroxylation sites is 1. The molecule has 0 fully saturated rings. The van der Waals surface area contributed by atoms with E-state index in [1.165, 1.54) is 89.7 Å². The fourth-order valence-electron chi connectivity index (χ4n) is 6.08. The number of rotatable bonds is 1. The van der Waals surface area contributed by atoms with Gasteiger partial charge in [0, 0.05) is 44.4 Å². The third kappa shape index (κ3) is 23.1. The normalized spacial score (nSPS) is 10.1. The molecule has 0 saturated heterocycles.